The fourth-order valence-corrected chi connectivity index (χ4v) is 1.11. The normalized spacial score (nSPS) is 9.76. The molecule has 2 amide bonds. The number of pyridine rings is 1. The van der Waals surface area contributed by atoms with Gasteiger partial charge in [-0.1, -0.05) is 6.07 Å². The van der Waals surface area contributed by atoms with Gasteiger partial charge in [0.1, 0.15) is 5.82 Å². The van der Waals surface area contributed by atoms with Crippen LogP contribution < -0.4 is 5.32 Å². The van der Waals surface area contributed by atoms with E-state index in [0.29, 0.717) is 5.82 Å². The van der Waals surface area contributed by atoms with Crippen LogP contribution in [0.2, 0.25) is 0 Å². The third kappa shape index (κ3) is 4.50. The van der Waals surface area contributed by atoms with Crippen molar-refractivity contribution in [3.05, 3.63) is 23.9 Å². The second-order valence-electron chi connectivity index (χ2n) is 3.72. The molecule has 1 aromatic rings. The lowest BCUT2D eigenvalue weighted by atomic mass is 10.3. The van der Waals surface area contributed by atoms with Crippen molar-refractivity contribution in [2.45, 2.75) is 13.3 Å². The van der Waals surface area contributed by atoms with Crippen LogP contribution in [0.5, 0.6) is 0 Å². The SMILES string of the molecule is Cc1ccc(NC(=O)N(C)CCC(=O)O)nc1. The molecule has 0 saturated carbocycles. The molecule has 0 spiro atoms. The molecule has 0 atom stereocenters. The van der Waals surface area contributed by atoms with E-state index in [1.165, 1.54) is 11.9 Å². The molecule has 6 nitrogen and oxygen atoms in total. The second kappa shape index (κ2) is 5.83. The van der Waals surface area contributed by atoms with Crippen molar-refractivity contribution in [2.24, 2.45) is 0 Å². The van der Waals surface area contributed by atoms with Crippen LogP contribution in [-0.2, 0) is 4.79 Å². The number of hydrogen-bond donors (Lipinski definition) is 2. The summed E-state index contributed by atoms with van der Waals surface area (Å²) in [5.74, 6) is -0.485. The highest BCUT2D eigenvalue weighted by Gasteiger charge is 2.10. The Hall–Kier alpha value is -2.11. The number of carboxylic acids is 1. The first kappa shape index (κ1) is 13.0. The van der Waals surface area contributed by atoms with Gasteiger partial charge in [0.05, 0.1) is 6.42 Å². The molecule has 92 valence electrons. The quantitative estimate of drug-likeness (QED) is 0.827. The van der Waals surface area contributed by atoms with Gasteiger partial charge < -0.3 is 10.0 Å². The molecule has 0 unspecified atom stereocenters. The monoisotopic (exact) mass is 237 g/mol. The lowest BCUT2D eigenvalue weighted by Crippen LogP contribution is -2.33. The van der Waals surface area contributed by atoms with E-state index < -0.39 is 5.97 Å². The van der Waals surface area contributed by atoms with Gasteiger partial charge in [-0.25, -0.2) is 9.78 Å². The Morgan fingerprint density at radius 2 is 2.18 bits per heavy atom. The maximum Gasteiger partial charge on any atom is 0.322 e. The fourth-order valence-electron chi connectivity index (χ4n) is 1.11. The number of rotatable bonds is 4. The van der Waals surface area contributed by atoms with Gasteiger partial charge in [-0.2, -0.15) is 0 Å². The average Bonchev–Trinajstić information content (AvgIpc) is 2.28. The first-order valence-electron chi connectivity index (χ1n) is 5.15. The molecule has 1 heterocycles. The first-order valence-corrected chi connectivity index (χ1v) is 5.15. The van der Waals surface area contributed by atoms with E-state index in [9.17, 15) is 9.59 Å². The summed E-state index contributed by atoms with van der Waals surface area (Å²) in [5.41, 5.74) is 1.00. The Morgan fingerprint density at radius 3 is 2.71 bits per heavy atom. The van der Waals surface area contributed by atoms with Crippen molar-refractivity contribution in [3.63, 3.8) is 0 Å². The molecule has 0 fully saturated rings. The predicted octanol–water partition coefficient (Wildman–Crippen LogP) is 1.33. The smallest absolute Gasteiger partial charge is 0.322 e. The summed E-state index contributed by atoms with van der Waals surface area (Å²) in [6.07, 6.45) is 1.57. The molecule has 1 aromatic heterocycles. The van der Waals surface area contributed by atoms with Gasteiger partial charge in [0.2, 0.25) is 0 Å². The van der Waals surface area contributed by atoms with Gasteiger partial charge in [0.15, 0.2) is 0 Å². The van der Waals surface area contributed by atoms with Crippen LogP contribution in [0.15, 0.2) is 18.3 Å². The summed E-state index contributed by atoms with van der Waals surface area (Å²) < 4.78 is 0. The Kier molecular flexibility index (Phi) is 4.45. The van der Waals surface area contributed by atoms with Crippen LogP contribution in [0.1, 0.15) is 12.0 Å². The summed E-state index contributed by atoms with van der Waals surface area (Å²) in [5, 5.41) is 11.1. The lowest BCUT2D eigenvalue weighted by Gasteiger charge is -2.16. The van der Waals surface area contributed by atoms with Crippen LogP contribution in [-0.4, -0.2) is 40.6 Å². The Balaban J connectivity index is 2.48. The lowest BCUT2D eigenvalue weighted by molar-refractivity contribution is -0.137. The molecular formula is C11H15N3O3. The van der Waals surface area contributed by atoms with Gasteiger partial charge >= 0.3 is 12.0 Å². The van der Waals surface area contributed by atoms with Crippen molar-refractivity contribution in [1.29, 1.82) is 0 Å². The van der Waals surface area contributed by atoms with Crippen LogP contribution in [0.3, 0.4) is 0 Å². The molecular weight excluding hydrogens is 222 g/mol. The van der Waals surface area contributed by atoms with E-state index >= 15 is 0 Å². The molecule has 0 saturated heterocycles. The first-order chi connectivity index (χ1) is 7.99. The van der Waals surface area contributed by atoms with E-state index in [1.54, 1.807) is 12.3 Å². The van der Waals surface area contributed by atoms with Gasteiger partial charge in [0.25, 0.3) is 0 Å². The maximum atomic E-state index is 11.6. The number of urea groups is 1. The molecule has 0 aliphatic heterocycles. The van der Waals surface area contributed by atoms with Crippen molar-refractivity contribution in [2.75, 3.05) is 18.9 Å². The number of hydrogen-bond acceptors (Lipinski definition) is 3. The van der Waals surface area contributed by atoms with Crippen LogP contribution in [0.4, 0.5) is 10.6 Å². The number of carbonyl (C=O) groups excluding carboxylic acids is 1. The van der Waals surface area contributed by atoms with Crippen molar-refractivity contribution in [3.8, 4) is 0 Å². The highest BCUT2D eigenvalue weighted by atomic mass is 16.4. The summed E-state index contributed by atoms with van der Waals surface area (Å²) in [6, 6.07) is 3.15. The summed E-state index contributed by atoms with van der Waals surface area (Å²) in [6.45, 7) is 2.06. The largest absolute Gasteiger partial charge is 0.481 e. The number of anilines is 1. The molecule has 2 N–H and O–H groups in total. The highest BCUT2D eigenvalue weighted by Crippen LogP contribution is 2.04. The third-order valence-corrected chi connectivity index (χ3v) is 2.15. The number of aromatic nitrogens is 1. The van der Waals surface area contributed by atoms with Crippen LogP contribution >= 0.6 is 0 Å². The number of aliphatic carboxylic acids is 1. The van der Waals surface area contributed by atoms with Crippen molar-refractivity contribution < 1.29 is 14.7 Å². The summed E-state index contributed by atoms with van der Waals surface area (Å²) in [7, 11) is 1.53. The minimum atomic E-state index is -0.932. The molecule has 6 heteroatoms. The van der Waals surface area contributed by atoms with Gasteiger partial charge in [-0.3, -0.25) is 10.1 Å². The third-order valence-electron chi connectivity index (χ3n) is 2.15. The fraction of sp³-hybridized carbons (Fsp3) is 0.364. The second-order valence-corrected chi connectivity index (χ2v) is 3.72. The van der Waals surface area contributed by atoms with Crippen LogP contribution in [0.25, 0.3) is 0 Å². The van der Waals surface area contributed by atoms with Crippen LogP contribution in [0, 0.1) is 6.92 Å². The van der Waals surface area contributed by atoms with E-state index in [4.69, 9.17) is 5.11 Å². The predicted molar refractivity (Wildman–Crippen MR) is 62.9 cm³/mol. The van der Waals surface area contributed by atoms with Crippen molar-refractivity contribution >= 4 is 17.8 Å². The molecule has 1 rings (SSSR count). The molecule has 0 bridgehead atoms. The summed E-state index contributed by atoms with van der Waals surface area (Å²) in [4.78, 5) is 27.3. The van der Waals surface area contributed by atoms with Crippen molar-refractivity contribution in [1.82, 2.24) is 9.88 Å². The molecule has 0 aromatic carbocycles. The Morgan fingerprint density at radius 1 is 1.47 bits per heavy atom. The van der Waals surface area contributed by atoms with Gasteiger partial charge in [0, 0.05) is 19.8 Å². The zero-order valence-electron chi connectivity index (χ0n) is 9.80. The number of carboxylic acid groups (broad SMARTS) is 1. The Bertz CT molecular complexity index is 403. The highest BCUT2D eigenvalue weighted by molar-refractivity contribution is 5.88. The minimum Gasteiger partial charge on any atom is -0.481 e. The average molecular weight is 237 g/mol. The molecule has 0 aliphatic carbocycles. The van der Waals surface area contributed by atoms with E-state index in [-0.39, 0.29) is 19.0 Å². The van der Waals surface area contributed by atoms with E-state index in [2.05, 4.69) is 10.3 Å². The van der Waals surface area contributed by atoms with E-state index in [1.807, 2.05) is 13.0 Å². The molecule has 0 radical (unpaired) electrons. The molecule has 0 aliphatic rings. The number of aryl methyl sites for hydroxylation is 1. The number of nitrogens with one attached hydrogen (secondary N) is 1. The minimum absolute atomic E-state index is 0.0781. The Labute approximate surface area is 99.3 Å². The topological polar surface area (TPSA) is 82.5 Å². The zero-order valence-corrected chi connectivity index (χ0v) is 9.80. The van der Waals surface area contributed by atoms with E-state index in [0.717, 1.165) is 5.56 Å². The summed E-state index contributed by atoms with van der Waals surface area (Å²) >= 11 is 0. The van der Waals surface area contributed by atoms with Gasteiger partial charge in [-0.05, 0) is 18.6 Å². The van der Waals surface area contributed by atoms with Gasteiger partial charge in [-0.15, -0.1) is 0 Å². The number of amides is 2. The number of carbonyl (C=O) groups is 2. The maximum absolute atomic E-state index is 11.6. The zero-order chi connectivity index (χ0) is 12.8. The molecule has 17 heavy (non-hydrogen) atoms. The standard InChI is InChI=1S/C11H15N3O3/c1-8-3-4-9(12-7-8)13-11(17)14(2)6-5-10(15)16/h3-4,7H,5-6H2,1-2H3,(H,15,16)(H,12,13,17). The number of nitrogens with zero attached hydrogens (tertiary/aromatic N) is 2.